The summed E-state index contributed by atoms with van der Waals surface area (Å²) in [5, 5.41) is 11.7. The Balaban J connectivity index is 2.43. The summed E-state index contributed by atoms with van der Waals surface area (Å²) in [6.45, 7) is 2.40. The molecule has 0 aliphatic carbocycles. The fourth-order valence-corrected chi connectivity index (χ4v) is 1.58. The molecule has 20 heavy (non-hydrogen) atoms. The predicted molar refractivity (Wildman–Crippen MR) is 76.1 cm³/mol. The number of rotatable bonds is 6. The molecule has 0 aromatic heterocycles. The highest BCUT2D eigenvalue weighted by atomic mass is 16.3. The lowest BCUT2D eigenvalue weighted by Gasteiger charge is -2.16. The molecule has 4 N–H and O–H groups in total. The van der Waals surface area contributed by atoms with Gasteiger partial charge >= 0.3 is 0 Å². The first-order valence-corrected chi connectivity index (χ1v) is 6.49. The lowest BCUT2D eigenvalue weighted by Crippen LogP contribution is -2.46. The number of nitrogens with zero attached hydrogens (tertiary/aromatic N) is 1. The number of hydrogen-bond acceptors (Lipinski definition) is 4. The van der Waals surface area contributed by atoms with Crippen molar-refractivity contribution in [3.63, 3.8) is 0 Å². The molecule has 6 heteroatoms. The van der Waals surface area contributed by atoms with E-state index < -0.39 is 6.04 Å². The third-order valence-electron chi connectivity index (χ3n) is 3.04. The van der Waals surface area contributed by atoms with Crippen LogP contribution in [0.5, 0.6) is 5.75 Å². The molecule has 1 aromatic rings. The topological polar surface area (TPSA) is 95.7 Å². The molecule has 110 valence electrons. The number of amides is 2. The van der Waals surface area contributed by atoms with E-state index in [0.717, 1.165) is 5.56 Å². The largest absolute Gasteiger partial charge is 0.508 e. The van der Waals surface area contributed by atoms with Crippen LogP contribution in [0.2, 0.25) is 0 Å². The van der Waals surface area contributed by atoms with Gasteiger partial charge in [-0.3, -0.25) is 9.59 Å². The Labute approximate surface area is 118 Å². The minimum absolute atomic E-state index is 0.0492. The maximum Gasteiger partial charge on any atom is 0.241 e. The van der Waals surface area contributed by atoms with Gasteiger partial charge in [0.15, 0.2) is 0 Å². The van der Waals surface area contributed by atoms with Crippen LogP contribution < -0.4 is 11.1 Å². The van der Waals surface area contributed by atoms with Gasteiger partial charge < -0.3 is 21.1 Å². The van der Waals surface area contributed by atoms with E-state index in [-0.39, 0.29) is 24.1 Å². The number of aromatic hydroxyl groups is 1. The second-order valence-electron chi connectivity index (χ2n) is 4.60. The molecule has 0 heterocycles. The van der Waals surface area contributed by atoms with Gasteiger partial charge in [-0.25, -0.2) is 0 Å². The van der Waals surface area contributed by atoms with E-state index >= 15 is 0 Å². The van der Waals surface area contributed by atoms with E-state index in [9.17, 15) is 9.59 Å². The van der Waals surface area contributed by atoms with E-state index in [2.05, 4.69) is 5.32 Å². The molecule has 1 atom stereocenters. The van der Waals surface area contributed by atoms with Crippen LogP contribution in [-0.4, -0.2) is 48.0 Å². The number of carbonyl (C=O) groups excluding carboxylic acids is 2. The van der Waals surface area contributed by atoms with E-state index in [0.29, 0.717) is 13.0 Å². The molecule has 0 unspecified atom stereocenters. The average molecular weight is 279 g/mol. The summed E-state index contributed by atoms with van der Waals surface area (Å²) in [6.07, 6.45) is 0.351. The smallest absolute Gasteiger partial charge is 0.241 e. The molecule has 0 fully saturated rings. The quantitative estimate of drug-likeness (QED) is 0.675. The maximum atomic E-state index is 11.8. The summed E-state index contributed by atoms with van der Waals surface area (Å²) in [7, 11) is 1.67. The zero-order valence-corrected chi connectivity index (χ0v) is 11.8. The fraction of sp³-hybridized carbons (Fsp3) is 0.429. The third kappa shape index (κ3) is 4.89. The number of carbonyl (C=O) groups is 2. The van der Waals surface area contributed by atoms with Crippen LogP contribution in [0.15, 0.2) is 24.3 Å². The molecule has 0 aliphatic rings. The first kappa shape index (κ1) is 16.0. The zero-order chi connectivity index (χ0) is 15.1. The van der Waals surface area contributed by atoms with Gasteiger partial charge in [0.2, 0.25) is 11.8 Å². The molecule has 0 bridgehead atoms. The molecule has 1 aromatic carbocycles. The van der Waals surface area contributed by atoms with Gasteiger partial charge in [0.25, 0.3) is 0 Å². The van der Waals surface area contributed by atoms with Gasteiger partial charge in [-0.05, 0) is 31.0 Å². The van der Waals surface area contributed by atoms with Crippen molar-refractivity contribution in [2.24, 2.45) is 5.73 Å². The second-order valence-corrected chi connectivity index (χ2v) is 4.60. The molecular formula is C14H21N3O3. The third-order valence-corrected chi connectivity index (χ3v) is 3.04. The number of phenols is 1. The van der Waals surface area contributed by atoms with Crippen LogP contribution >= 0.6 is 0 Å². The van der Waals surface area contributed by atoms with Gasteiger partial charge in [0.1, 0.15) is 5.75 Å². The van der Waals surface area contributed by atoms with Crippen LogP contribution in [0.3, 0.4) is 0 Å². The summed E-state index contributed by atoms with van der Waals surface area (Å²) < 4.78 is 0. The maximum absolute atomic E-state index is 11.8. The van der Waals surface area contributed by atoms with Crippen LogP contribution in [0.1, 0.15) is 12.5 Å². The minimum atomic E-state index is -0.723. The highest BCUT2D eigenvalue weighted by Crippen LogP contribution is 2.10. The van der Waals surface area contributed by atoms with Crippen molar-refractivity contribution in [1.82, 2.24) is 10.2 Å². The van der Waals surface area contributed by atoms with E-state index in [1.807, 2.05) is 6.92 Å². The highest BCUT2D eigenvalue weighted by molar-refractivity contribution is 5.87. The molecule has 0 radical (unpaired) electrons. The molecule has 1 rings (SSSR count). The predicted octanol–water partition coefficient (Wildman–Crippen LogP) is -0.143. The number of likely N-dealkylation sites (N-methyl/N-ethyl adjacent to an activating group) is 1. The lowest BCUT2D eigenvalue weighted by molar-refractivity contribution is -0.132. The molecular weight excluding hydrogens is 258 g/mol. The molecule has 0 saturated carbocycles. The van der Waals surface area contributed by atoms with Crippen molar-refractivity contribution in [2.75, 3.05) is 20.1 Å². The normalized spacial score (nSPS) is 11.8. The van der Waals surface area contributed by atoms with Gasteiger partial charge in [0.05, 0.1) is 12.6 Å². The Morgan fingerprint density at radius 1 is 1.35 bits per heavy atom. The number of benzene rings is 1. The first-order valence-electron chi connectivity index (χ1n) is 6.49. The van der Waals surface area contributed by atoms with Gasteiger partial charge in [-0.15, -0.1) is 0 Å². The number of hydrogen-bond donors (Lipinski definition) is 3. The Morgan fingerprint density at radius 2 is 1.95 bits per heavy atom. The van der Waals surface area contributed by atoms with Crippen molar-refractivity contribution in [1.29, 1.82) is 0 Å². The summed E-state index contributed by atoms with van der Waals surface area (Å²) in [6, 6.07) is 5.77. The fourth-order valence-electron chi connectivity index (χ4n) is 1.58. The second kappa shape index (κ2) is 7.49. The summed E-state index contributed by atoms with van der Waals surface area (Å²) in [5.74, 6) is -0.353. The van der Waals surface area contributed by atoms with Crippen molar-refractivity contribution < 1.29 is 14.7 Å². The number of nitrogens with two attached hydrogens (primary N) is 1. The standard InChI is InChI=1S/C14H21N3O3/c1-3-17(2)13(19)9-16-14(20)12(15)8-10-4-6-11(18)7-5-10/h4-7,12,18H,3,8-9,15H2,1-2H3,(H,16,20)/t12-/m0/s1. The molecule has 0 saturated heterocycles. The molecule has 6 nitrogen and oxygen atoms in total. The minimum Gasteiger partial charge on any atom is -0.508 e. The Hall–Kier alpha value is -2.08. The van der Waals surface area contributed by atoms with E-state index in [4.69, 9.17) is 10.8 Å². The van der Waals surface area contributed by atoms with Gasteiger partial charge in [0, 0.05) is 13.6 Å². The summed E-state index contributed by atoms with van der Waals surface area (Å²) in [5.41, 5.74) is 6.63. The van der Waals surface area contributed by atoms with Crippen molar-refractivity contribution in [3.05, 3.63) is 29.8 Å². The molecule has 0 spiro atoms. The van der Waals surface area contributed by atoms with Crippen molar-refractivity contribution >= 4 is 11.8 Å². The van der Waals surface area contributed by atoms with Crippen LogP contribution in [0.25, 0.3) is 0 Å². The monoisotopic (exact) mass is 279 g/mol. The van der Waals surface area contributed by atoms with Crippen molar-refractivity contribution in [2.45, 2.75) is 19.4 Å². The average Bonchev–Trinajstić information content (AvgIpc) is 2.45. The number of nitrogens with one attached hydrogen (secondary N) is 1. The van der Waals surface area contributed by atoms with Crippen molar-refractivity contribution in [3.8, 4) is 5.75 Å². The van der Waals surface area contributed by atoms with Gasteiger partial charge in [-0.2, -0.15) is 0 Å². The summed E-state index contributed by atoms with van der Waals surface area (Å²) in [4.78, 5) is 24.8. The van der Waals surface area contributed by atoms with E-state index in [1.165, 1.54) is 4.90 Å². The number of phenolic OH excluding ortho intramolecular Hbond substituents is 1. The van der Waals surface area contributed by atoms with E-state index in [1.54, 1.807) is 31.3 Å². The highest BCUT2D eigenvalue weighted by Gasteiger charge is 2.15. The Kier molecular flexibility index (Phi) is 5.99. The molecule has 2 amide bonds. The van der Waals surface area contributed by atoms with Crippen LogP contribution in [-0.2, 0) is 16.0 Å². The van der Waals surface area contributed by atoms with Gasteiger partial charge in [-0.1, -0.05) is 12.1 Å². The first-order chi connectivity index (χ1) is 9.43. The lowest BCUT2D eigenvalue weighted by atomic mass is 10.1. The SMILES string of the molecule is CCN(C)C(=O)CNC(=O)[C@@H](N)Cc1ccc(O)cc1. The zero-order valence-electron chi connectivity index (χ0n) is 11.8. The Bertz CT molecular complexity index is 459. The van der Waals surface area contributed by atoms with Crippen LogP contribution in [0, 0.1) is 0 Å². The Morgan fingerprint density at radius 3 is 2.50 bits per heavy atom. The molecule has 0 aliphatic heterocycles. The van der Waals surface area contributed by atoms with Crippen LogP contribution in [0.4, 0.5) is 0 Å². The summed E-state index contributed by atoms with van der Waals surface area (Å²) >= 11 is 0.